The second-order valence-electron chi connectivity index (χ2n) is 20.7. The van der Waals surface area contributed by atoms with Crippen molar-refractivity contribution in [2.24, 2.45) is 23.3 Å². The number of nitrogens with zero attached hydrogens (tertiary/aromatic N) is 5. The van der Waals surface area contributed by atoms with Crippen LogP contribution in [0.1, 0.15) is 104 Å². The maximum Gasteiger partial charge on any atom is 0.332 e. The van der Waals surface area contributed by atoms with Crippen molar-refractivity contribution >= 4 is 47.3 Å². The minimum atomic E-state index is -1.31. The number of likely N-dealkylation sites (tertiary alicyclic amines) is 2. The molecule has 5 N–H and O–H groups in total. The lowest BCUT2D eigenvalue weighted by Crippen LogP contribution is -2.45. The number of rotatable bonds is 23. The van der Waals surface area contributed by atoms with Gasteiger partial charge in [0.15, 0.2) is 29.5 Å². The third-order valence-electron chi connectivity index (χ3n) is 15.5. The van der Waals surface area contributed by atoms with Crippen molar-refractivity contribution in [3.63, 3.8) is 0 Å². The Balaban J connectivity index is 0.875. The van der Waals surface area contributed by atoms with Crippen molar-refractivity contribution in [3.8, 4) is 0 Å². The van der Waals surface area contributed by atoms with Crippen LogP contribution in [0.5, 0.6) is 0 Å². The van der Waals surface area contributed by atoms with Gasteiger partial charge in [0.2, 0.25) is 17.7 Å². The van der Waals surface area contributed by atoms with Gasteiger partial charge in [-0.3, -0.25) is 48.7 Å². The molecule has 0 radical (unpaired) electrons. The summed E-state index contributed by atoms with van der Waals surface area (Å²) in [7, 11) is 0. The predicted molar refractivity (Wildman–Crippen MR) is 280 cm³/mol. The van der Waals surface area contributed by atoms with E-state index in [1.54, 1.807) is 34.1 Å². The number of hydrogen-bond donors (Lipinski definition) is 3. The summed E-state index contributed by atoms with van der Waals surface area (Å²) in [4.78, 5) is 114. The highest BCUT2D eigenvalue weighted by atomic mass is 19.2. The van der Waals surface area contributed by atoms with E-state index < -0.39 is 88.7 Å². The highest BCUT2D eigenvalue weighted by Crippen LogP contribution is 2.28. The molecule has 0 bridgehead atoms. The van der Waals surface area contributed by atoms with Crippen LogP contribution >= 0.6 is 0 Å². The van der Waals surface area contributed by atoms with E-state index in [2.05, 4.69) is 5.32 Å². The SMILES string of the molecule is N[C@H](Cc1cc(F)c(F)cc1F)C1CCN(C(=O)CCNC(CCN2C(=O)c3ccccc3C2=O)OC(=O)/C=C\C(=O)N(CCCN2C(=O)c3ccccc3C2=O)CCC(=O)N2CCC([C@H](N)Cc3cc(F)c(F)cc3F)CC2)CC1. The van der Waals surface area contributed by atoms with Crippen LogP contribution in [-0.4, -0.2) is 149 Å². The quantitative estimate of drug-likeness (QED) is 0.0211. The minimum Gasteiger partial charge on any atom is -0.443 e. The van der Waals surface area contributed by atoms with E-state index in [-0.39, 0.29) is 141 Å². The van der Waals surface area contributed by atoms with Gasteiger partial charge in [-0.2, -0.15) is 0 Å². The molecular formula is C58H62F6N8O9. The van der Waals surface area contributed by atoms with Crippen molar-refractivity contribution in [1.82, 2.24) is 29.8 Å². The number of nitrogens with one attached hydrogen (secondary N) is 1. The molecule has 2 fully saturated rings. The molecule has 4 aliphatic rings. The first kappa shape index (κ1) is 59.4. The molecule has 4 aliphatic heterocycles. The van der Waals surface area contributed by atoms with Gasteiger partial charge in [-0.05, 0) is 104 Å². The molecule has 17 nitrogen and oxygen atoms in total. The third kappa shape index (κ3) is 14.4. The normalized spacial score (nSPS) is 17.0. The lowest BCUT2D eigenvalue weighted by atomic mass is 9.86. The maximum absolute atomic E-state index is 14.4. The molecule has 4 heterocycles. The van der Waals surface area contributed by atoms with Crippen molar-refractivity contribution in [2.75, 3.05) is 58.9 Å². The highest BCUT2D eigenvalue weighted by Gasteiger charge is 2.37. The van der Waals surface area contributed by atoms with Gasteiger partial charge in [0.25, 0.3) is 23.6 Å². The van der Waals surface area contributed by atoms with E-state index in [1.165, 1.54) is 29.2 Å². The Labute approximate surface area is 463 Å². The first-order chi connectivity index (χ1) is 38.8. The number of halogens is 6. The zero-order valence-corrected chi connectivity index (χ0v) is 44.2. The van der Waals surface area contributed by atoms with Crippen LogP contribution in [0.3, 0.4) is 0 Å². The Morgan fingerprint density at radius 1 is 0.580 bits per heavy atom. The van der Waals surface area contributed by atoms with Gasteiger partial charge in [0.05, 0.1) is 22.3 Å². The number of carbonyl (C=O) groups is 8. The monoisotopic (exact) mass is 1130 g/mol. The van der Waals surface area contributed by atoms with Gasteiger partial charge in [-0.1, -0.05) is 24.3 Å². The predicted octanol–water partition coefficient (Wildman–Crippen LogP) is 5.43. The van der Waals surface area contributed by atoms with E-state index in [9.17, 15) is 64.7 Å². The summed E-state index contributed by atoms with van der Waals surface area (Å²) in [6.07, 6.45) is 2.04. The van der Waals surface area contributed by atoms with Crippen LogP contribution in [0.15, 0.2) is 84.9 Å². The van der Waals surface area contributed by atoms with Gasteiger partial charge in [0, 0.05) is 115 Å². The summed E-state index contributed by atoms with van der Waals surface area (Å²) in [6.45, 7) is 0.662. The van der Waals surface area contributed by atoms with Crippen LogP contribution in [-0.2, 0) is 36.8 Å². The van der Waals surface area contributed by atoms with E-state index in [4.69, 9.17) is 16.2 Å². The molecule has 4 aromatic rings. The number of hydrogen-bond acceptors (Lipinski definition) is 12. The van der Waals surface area contributed by atoms with Crippen LogP contribution in [0.4, 0.5) is 26.3 Å². The number of ether oxygens (including phenoxy) is 1. The van der Waals surface area contributed by atoms with Crippen LogP contribution < -0.4 is 16.8 Å². The standard InChI is InChI=1S/C58H62F6N8O9/c59-42-32-46(63)44(61)28-36(42)30-48(65)34-13-22-69(23-14-34)52(74)12-19-67-50(17-27-72-57(79)40-8-3-4-9-41(40)58(72)80)81-54(76)11-10-51(73)68(20-5-21-71-55(77)38-6-1-2-7-39(38)56(71)78)26-18-53(75)70-24-15-35(16-25-70)49(66)31-37-29-45(62)47(64)33-43(37)60/h1-4,6-11,28-29,32-35,48-50,67H,5,12-27,30-31,65-66H2/b11-10-/t48-,49-,50?/m1/s1. The Morgan fingerprint density at radius 3 is 1.46 bits per heavy atom. The zero-order chi connectivity index (χ0) is 58.1. The number of amides is 7. The molecule has 430 valence electrons. The topological polar surface area (TPSA) is 226 Å². The van der Waals surface area contributed by atoms with Gasteiger partial charge < -0.3 is 30.9 Å². The molecule has 1 unspecified atom stereocenters. The molecule has 7 amide bonds. The van der Waals surface area contributed by atoms with Crippen molar-refractivity contribution in [3.05, 3.63) is 153 Å². The van der Waals surface area contributed by atoms with E-state index >= 15 is 0 Å². The molecule has 2 saturated heterocycles. The maximum atomic E-state index is 14.4. The van der Waals surface area contributed by atoms with E-state index in [0.717, 1.165) is 34.1 Å². The van der Waals surface area contributed by atoms with E-state index in [1.807, 2.05) is 0 Å². The number of benzene rings is 4. The molecule has 8 rings (SSSR count). The molecule has 3 atom stereocenters. The Kier molecular flexibility index (Phi) is 19.5. The first-order valence-electron chi connectivity index (χ1n) is 26.9. The number of nitrogens with two attached hydrogens (primary N) is 2. The first-order valence-corrected chi connectivity index (χ1v) is 26.9. The van der Waals surface area contributed by atoms with Crippen LogP contribution in [0.2, 0.25) is 0 Å². The summed E-state index contributed by atoms with van der Waals surface area (Å²) in [5.41, 5.74) is 13.5. The fraction of sp³-hybridized carbons (Fsp3) is 0.414. The van der Waals surface area contributed by atoms with Gasteiger partial charge in [-0.15, -0.1) is 0 Å². The Bertz CT molecular complexity index is 3020. The number of piperidine rings is 2. The average molecular weight is 1130 g/mol. The molecule has 81 heavy (non-hydrogen) atoms. The molecule has 4 aromatic carbocycles. The second kappa shape index (κ2) is 26.7. The molecule has 0 aliphatic carbocycles. The summed E-state index contributed by atoms with van der Waals surface area (Å²) in [6, 6.07) is 13.9. The smallest absolute Gasteiger partial charge is 0.332 e. The average Bonchev–Trinajstić information content (AvgIpc) is 4.11. The van der Waals surface area contributed by atoms with Crippen LogP contribution in [0, 0.1) is 46.7 Å². The summed E-state index contributed by atoms with van der Waals surface area (Å²) < 4.78 is 89.1. The lowest BCUT2D eigenvalue weighted by molar-refractivity contribution is -0.145. The minimum absolute atomic E-state index is 0.0318. The second-order valence-corrected chi connectivity index (χ2v) is 20.7. The fourth-order valence-corrected chi connectivity index (χ4v) is 10.8. The molecular weight excluding hydrogens is 1070 g/mol. The number of fused-ring (bicyclic) bond motifs is 2. The van der Waals surface area contributed by atoms with Crippen molar-refractivity contribution in [1.29, 1.82) is 0 Å². The number of carbonyl (C=O) groups excluding carboxylic acids is 8. The lowest BCUT2D eigenvalue weighted by Gasteiger charge is -2.35. The van der Waals surface area contributed by atoms with Crippen molar-refractivity contribution < 1.29 is 69.4 Å². The van der Waals surface area contributed by atoms with E-state index in [0.29, 0.717) is 50.9 Å². The summed E-state index contributed by atoms with van der Waals surface area (Å²) in [5, 5.41) is 3.00. The fourth-order valence-electron chi connectivity index (χ4n) is 10.8. The van der Waals surface area contributed by atoms with Gasteiger partial charge in [0.1, 0.15) is 11.6 Å². The zero-order valence-electron chi connectivity index (χ0n) is 44.2. The Hall–Kier alpha value is -7.76. The molecule has 0 spiro atoms. The highest BCUT2D eigenvalue weighted by molar-refractivity contribution is 6.22. The number of imide groups is 2. The third-order valence-corrected chi connectivity index (χ3v) is 15.5. The summed E-state index contributed by atoms with van der Waals surface area (Å²) >= 11 is 0. The Morgan fingerprint density at radius 2 is 1.00 bits per heavy atom. The summed E-state index contributed by atoms with van der Waals surface area (Å²) in [5.74, 6) is -11.5. The number of esters is 1. The molecule has 0 saturated carbocycles. The largest absolute Gasteiger partial charge is 0.443 e. The van der Waals surface area contributed by atoms with Crippen LogP contribution in [0.25, 0.3) is 0 Å². The van der Waals surface area contributed by atoms with Crippen molar-refractivity contribution in [2.45, 2.75) is 82.5 Å². The molecule has 23 heteroatoms. The van der Waals surface area contributed by atoms with Gasteiger partial charge in [-0.25, -0.2) is 31.1 Å². The molecule has 0 aromatic heterocycles. The van der Waals surface area contributed by atoms with Gasteiger partial charge >= 0.3 is 5.97 Å².